The molecule has 1 aromatic rings. The third-order valence-corrected chi connectivity index (χ3v) is 4.40. The number of carbonyl (C=O) groups is 1. The molecule has 2 atom stereocenters. The molecule has 8 heteroatoms. The average Bonchev–Trinajstić information content (AvgIpc) is 2.44. The molecule has 0 heterocycles. The molecule has 1 aliphatic carbocycles. The van der Waals surface area contributed by atoms with Gasteiger partial charge in [0.1, 0.15) is 5.75 Å². The van der Waals surface area contributed by atoms with Crippen molar-refractivity contribution in [2.45, 2.75) is 51.2 Å². The summed E-state index contributed by atoms with van der Waals surface area (Å²) in [6.07, 6.45) is -0.861. The first-order valence-electron chi connectivity index (χ1n) is 7.98. The van der Waals surface area contributed by atoms with Crippen LogP contribution in [-0.2, 0) is 4.79 Å². The highest BCUT2D eigenvalue weighted by Crippen LogP contribution is 2.33. The van der Waals surface area contributed by atoms with Gasteiger partial charge in [0.05, 0.1) is 5.92 Å². The van der Waals surface area contributed by atoms with Crippen molar-refractivity contribution in [2.24, 2.45) is 11.7 Å². The minimum atomic E-state index is -4.38. The number of hydrogen-bond donors (Lipinski definition) is 2. The number of anilines is 1. The molecule has 4 nitrogen and oxygen atoms in total. The van der Waals surface area contributed by atoms with E-state index in [1.807, 2.05) is 6.92 Å². The summed E-state index contributed by atoms with van der Waals surface area (Å²) < 4.78 is 41.4. The summed E-state index contributed by atoms with van der Waals surface area (Å²) in [5, 5.41) is 2.81. The number of ether oxygens (including phenoxy) is 1. The van der Waals surface area contributed by atoms with Crippen molar-refractivity contribution in [1.29, 1.82) is 0 Å². The van der Waals surface area contributed by atoms with Crippen LogP contribution in [0.5, 0.6) is 5.75 Å². The number of hydrogen-bond acceptors (Lipinski definition) is 3. The standard InChI is InChI=1S/C17H23F3N2O2.ClH/c1-11-9-12(6-7-14(11)24-10-17(18,19)20)22-15(23)13-5-3-4-8-16(13,2)21;/h6-7,9,13H,3-5,8,10,21H2,1-2H3,(H,22,23);1H. The molecule has 0 aromatic heterocycles. The number of amides is 1. The van der Waals surface area contributed by atoms with Crippen LogP contribution in [0.15, 0.2) is 18.2 Å². The Morgan fingerprint density at radius 2 is 2.08 bits per heavy atom. The Bertz CT molecular complexity index is 606. The number of rotatable bonds is 4. The molecule has 0 radical (unpaired) electrons. The second kappa shape index (κ2) is 8.27. The fourth-order valence-corrected chi connectivity index (χ4v) is 3.07. The van der Waals surface area contributed by atoms with E-state index in [4.69, 9.17) is 10.5 Å². The van der Waals surface area contributed by atoms with E-state index in [2.05, 4.69) is 5.32 Å². The SMILES string of the molecule is Cc1cc(NC(=O)C2CCCCC2(C)N)ccc1OCC(F)(F)F.Cl. The van der Waals surface area contributed by atoms with Crippen LogP contribution in [0.1, 0.15) is 38.2 Å². The van der Waals surface area contributed by atoms with Gasteiger partial charge in [0.15, 0.2) is 6.61 Å². The van der Waals surface area contributed by atoms with Crippen LogP contribution in [0.25, 0.3) is 0 Å². The van der Waals surface area contributed by atoms with Gasteiger partial charge in [0.2, 0.25) is 5.91 Å². The third kappa shape index (κ3) is 6.08. The molecule has 0 spiro atoms. The molecular weight excluding hydrogens is 357 g/mol. The van der Waals surface area contributed by atoms with Crippen molar-refractivity contribution < 1.29 is 22.7 Å². The zero-order valence-corrected chi connectivity index (χ0v) is 15.1. The van der Waals surface area contributed by atoms with E-state index < -0.39 is 18.3 Å². The largest absolute Gasteiger partial charge is 0.484 e. The fraction of sp³-hybridized carbons (Fsp3) is 0.588. The molecule has 0 bridgehead atoms. The molecule has 3 N–H and O–H groups in total. The maximum atomic E-state index is 12.5. The molecule has 1 fully saturated rings. The molecule has 142 valence electrons. The van der Waals surface area contributed by atoms with Crippen LogP contribution in [0.2, 0.25) is 0 Å². The fourth-order valence-electron chi connectivity index (χ4n) is 3.07. The Balaban J connectivity index is 0.00000312. The van der Waals surface area contributed by atoms with Crippen LogP contribution >= 0.6 is 12.4 Å². The van der Waals surface area contributed by atoms with Gasteiger partial charge in [-0.1, -0.05) is 12.8 Å². The molecule has 1 saturated carbocycles. The Kier molecular flexibility index (Phi) is 7.14. The van der Waals surface area contributed by atoms with Crippen LogP contribution in [0, 0.1) is 12.8 Å². The highest BCUT2D eigenvalue weighted by molar-refractivity contribution is 5.93. The zero-order valence-electron chi connectivity index (χ0n) is 14.3. The lowest BCUT2D eigenvalue weighted by Gasteiger charge is -2.37. The van der Waals surface area contributed by atoms with E-state index in [1.54, 1.807) is 13.0 Å². The van der Waals surface area contributed by atoms with Crippen molar-refractivity contribution >= 4 is 24.0 Å². The Labute approximate surface area is 151 Å². The maximum absolute atomic E-state index is 12.5. The minimum absolute atomic E-state index is 0. The minimum Gasteiger partial charge on any atom is -0.484 e. The van der Waals surface area contributed by atoms with E-state index in [0.29, 0.717) is 11.3 Å². The van der Waals surface area contributed by atoms with Gasteiger partial charge in [0, 0.05) is 11.2 Å². The summed E-state index contributed by atoms with van der Waals surface area (Å²) in [5.41, 5.74) is 6.74. The van der Waals surface area contributed by atoms with Crippen molar-refractivity contribution in [3.8, 4) is 5.75 Å². The van der Waals surface area contributed by atoms with Gasteiger partial charge in [-0.2, -0.15) is 13.2 Å². The summed E-state index contributed by atoms with van der Waals surface area (Å²) in [5.74, 6) is -0.276. The molecule has 2 rings (SSSR count). The number of nitrogens with one attached hydrogen (secondary N) is 1. The number of aryl methyl sites for hydroxylation is 1. The predicted molar refractivity (Wildman–Crippen MR) is 93.2 cm³/mol. The molecular formula is C17H24ClF3N2O2. The summed E-state index contributed by atoms with van der Waals surface area (Å²) in [6.45, 7) is 2.18. The molecule has 1 aliphatic rings. The van der Waals surface area contributed by atoms with Gasteiger partial charge in [-0.05, 0) is 50.5 Å². The van der Waals surface area contributed by atoms with E-state index in [0.717, 1.165) is 25.7 Å². The second-order valence-corrected chi connectivity index (χ2v) is 6.68. The number of carbonyl (C=O) groups excluding carboxylic acids is 1. The van der Waals surface area contributed by atoms with Crippen molar-refractivity contribution in [2.75, 3.05) is 11.9 Å². The normalized spacial score (nSPS) is 23.5. The summed E-state index contributed by atoms with van der Waals surface area (Å²) in [4.78, 5) is 12.5. The lowest BCUT2D eigenvalue weighted by molar-refractivity contribution is -0.153. The summed E-state index contributed by atoms with van der Waals surface area (Å²) in [6, 6.07) is 4.56. The predicted octanol–water partition coefficient (Wildman–Crippen LogP) is 4.20. The van der Waals surface area contributed by atoms with Gasteiger partial charge < -0.3 is 15.8 Å². The number of halogens is 4. The maximum Gasteiger partial charge on any atom is 0.422 e. The molecule has 0 saturated heterocycles. The quantitative estimate of drug-likeness (QED) is 0.822. The van der Waals surface area contributed by atoms with Gasteiger partial charge in [-0.25, -0.2) is 0 Å². The number of alkyl halides is 3. The van der Waals surface area contributed by atoms with Gasteiger partial charge >= 0.3 is 6.18 Å². The average molecular weight is 381 g/mol. The van der Waals surface area contributed by atoms with E-state index in [-0.39, 0.29) is 30.0 Å². The first-order valence-corrected chi connectivity index (χ1v) is 7.98. The number of nitrogens with two attached hydrogens (primary N) is 1. The summed E-state index contributed by atoms with van der Waals surface area (Å²) in [7, 11) is 0. The highest BCUT2D eigenvalue weighted by Gasteiger charge is 2.37. The van der Waals surface area contributed by atoms with Crippen molar-refractivity contribution in [3.63, 3.8) is 0 Å². The summed E-state index contributed by atoms with van der Waals surface area (Å²) >= 11 is 0. The Morgan fingerprint density at radius 3 is 2.64 bits per heavy atom. The monoisotopic (exact) mass is 380 g/mol. The van der Waals surface area contributed by atoms with E-state index in [1.165, 1.54) is 12.1 Å². The van der Waals surface area contributed by atoms with Crippen molar-refractivity contribution in [3.05, 3.63) is 23.8 Å². The first-order chi connectivity index (χ1) is 11.1. The van der Waals surface area contributed by atoms with E-state index in [9.17, 15) is 18.0 Å². The highest BCUT2D eigenvalue weighted by atomic mass is 35.5. The van der Waals surface area contributed by atoms with Gasteiger partial charge in [-0.3, -0.25) is 4.79 Å². The van der Waals surface area contributed by atoms with Gasteiger partial charge in [0.25, 0.3) is 0 Å². The van der Waals surface area contributed by atoms with Crippen LogP contribution in [0.4, 0.5) is 18.9 Å². The molecule has 1 amide bonds. The third-order valence-electron chi connectivity index (χ3n) is 4.40. The second-order valence-electron chi connectivity index (χ2n) is 6.68. The van der Waals surface area contributed by atoms with E-state index >= 15 is 0 Å². The lowest BCUT2D eigenvalue weighted by atomic mass is 9.74. The Hall–Kier alpha value is -1.47. The molecule has 25 heavy (non-hydrogen) atoms. The first kappa shape index (κ1) is 21.6. The van der Waals surface area contributed by atoms with Crippen LogP contribution < -0.4 is 15.8 Å². The molecule has 0 aliphatic heterocycles. The zero-order chi connectivity index (χ0) is 18.0. The topological polar surface area (TPSA) is 64.4 Å². The van der Waals surface area contributed by atoms with Crippen LogP contribution in [-0.4, -0.2) is 24.2 Å². The van der Waals surface area contributed by atoms with Crippen LogP contribution in [0.3, 0.4) is 0 Å². The van der Waals surface area contributed by atoms with Gasteiger partial charge in [-0.15, -0.1) is 12.4 Å². The molecule has 2 unspecified atom stereocenters. The molecule has 1 aromatic carbocycles. The van der Waals surface area contributed by atoms with Crippen molar-refractivity contribution in [1.82, 2.24) is 0 Å². The Morgan fingerprint density at radius 1 is 1.40 bits per heavy atom. The smallest absolute Gasteiger partial charge is 0.422 e. The number of benzene rings is 1. The lowest BCUT2D eigenvalue weighted by Crippen LogP contribution is -2.51.